The zero-order valence-electron chi connectivity index (χ0n) is 18.0. The average molecular weight is 447 g/mol. The summed E-state index contributed by atoms with van der Waals surface area (Å²) < 4.78 is 11.9. The van der Waals surface area contributed by atoms with Crippen LogP contribution in [0.25, 0.3) is 10.9 Å². The summed E-state index contributed by atoms with van der Waals surface area (Å²) in [6, 6.07) is 19.8. The lowest BCUT2D eigenvalue weighted by atomic mass is 10.0. The Balaban J connectivity index is 1.49. The summed E-state index contributed by atoms with van der Waals surface area (Å²) >= 11 is 1.48. The number of carbonyl (C=O) groups excluding carboxylic acids is 1. The van der Waals surface area contributed by atoms with E-state index < -0.39 is 0 Å². The number of fused-ring (bicyclic) bond motifs is 1. The van der Waals surface area contributed by atoms with Gasteiger partial charge in [0.1, 0.15) is 11.5 Å². The van der Waals surface area contributed by atoms with Gasteiger partial charge >= 0.3 is 0 Å². The fourth-order valence-electron chi connectivity index (χ4n) is 3.29. The quantitative estimate of drug-likeness (QED) is 0.237. The van der Waals surface area contributed by atoms with Crippen LogP contribution in [-0.4, -0.2) is 29.6 Å². The van der Waals surface area contributed by atoms with Crippen LogP contribution in [0.5, 0.6) is 11.5 Å². The van der Waals surface area contributed by atoms with E-state index >= 15 is 0 Å². The largest absolute Gasteiger partial charge is 0.497 e. The minimum Gasteiger partial charge on any atom is -0.497 e. The first-order chi connectivity index (χ1) is 15.5. The minimum absolute atomic E-state index is 0.0409. The molecule has 0 aliphatic carbocycles. The Morgan fingerprint density at radius 3 is 2.12 bits per heavy atom. The third kappa shape index (κ3) is 4.38. The number of ether oxygens (including phenoxy) is 2. The summed E-state index contributed by atoms with van der Waals surface area (Å²) in [4.78, 5) is 30.0. The predicted molar refractivity (Wildman–Crippen MR) is 126 cm³/mol. The molecule has 0 aliphatic heterocycles. The van der Waals surface area contributed by atoms with Crippen molar-refractivity contribution in [3.63, 3.8) is 0 Å². The van der Waals surface area contributed by atoms with Gasteiger partial charge in [0.05, 0.1) is 25.1 Å². The molecule has 32 heavy (non-hydrogen) atoms. The highest BCUT2D eigenvalue weighted by Gasteiger charge is 2.12. The van der Waals surface area contributed by atoms with Crippen LogP contribution in [0.1, 0.15) is 21.5 Å². The molecule has 6 nitrogen and oxygen atoms in total. The molecule has 1 heterocycles. The van der Waals surface area contributed by atoms with E-state index in [1.54, 1.807) is 68.3 Å². The van der Waals surface area contributed by atoms with Gasteiger partial charge in [0.25, 0.3) is 5.56 Å². The summed E-state index contributed by atoms with van der Waals surface area (Å²) in [6.07, 6.45) is 0. The SMILES string of the molecule is COc1ccc(C(=O)c2ccc(CSc3nc4ccc(OC)cc4c(=O)n3C)cc2)cc1. The van der Waals surface area contributed by atoms with Crippen LogP contribution in [0.15, 0.2) is 76.7 Å². The molecule has 1 aromatic heterocycles. The summed E-state index contributed by atoms with van der Waals surface area (Å²) in [5.41, 5.74) is 2.79. The lowest BCUT2D eigenvalue weighted by Gasteiger charge is -2.10. The van der Waals surface area contributed by atoms with Gasteiger partial charge in [-0.15, -0.1) is 0 Å². The van der Waals surface area contributed by atoms with Crippen molar-refractivity contribution in [2.75, 3.05) is 14.2 Å². The van der Waals surface area contributed by atoms with E-state index in [1.165, 1.54) is 11.8 Å². The Morgan fingerprint density at radius 1 is 0.906 bits per heavy atom. The van der Waals surface area contributed by atoms with Gasteiger partial charge in [-0.1, -0.05) is 36.0 Å². The van der Waals surface area contributed by atoms with Gasteiger partial charge in [-0.3, -0.25) is 14.2 Å². The molecule has 0 saturated carbocycles. The van der Waals surface area contributed by atoms with E-state index in [4.69, 9.17) is 9.47 Å². The molecule has 0 unspecified atom stereocenters. The molecule has 0 atom stereocenters. The van der Waals surface area contributed by atoms with Crippen LogP contribution in [0.2, 0.25) is 0 Å². The number of hydrogen-bond acceptors (Lipinski definition) is 6. The van der Waals surface area contributed by atoms with Crippen molar-refractivity contribution in [3.8, 4) is 11.5 Å². The first-order valence-electron chi connectivity index (χ1n) is 9.95. The Morgan fingerprint density at radius 2 is 1.50 bits per heavy atom. The van der Waals surface area contributed by atoms with Crippen molar-refractivity contribution < 1.29 is 14.3 Å². The molecule has 162 valence electrons. The van der Waals surface area contributed by atoms with Crippen molar-refractivity contribution in [1.29, 1.82) is 0 Å². The average Bonchev–Trinajstić information content (AvgIpc) is 2.85. The second kappa shape index (κ2) is 9.28. The number of hydrogen-bond donors (Lipinski definition) is 0. The van der Waals surface area contributed by atoms with Gasteiger partial charge < -0.3 is 9.47 Å². The van der Waals surface area contributed by atoms with Crippen molar-refractivity contribution in [2.45, 2.75) is 10.9 Å². The molecule has 0 aliphatic rings. The second-order valence-electron chi connectivity index (χ2n) is 7.18. The molecule has 0 amide bonds. The van der Waals surface area contributed by atoms with Crippen LogP contribution in [0.4, 0.5) is 0 Å². The van der Waals surface area contributed by atoms with Gasteiger partial charge in [0, 0.05) is 23.9 Å². The summed E-state index contributed by atoms with van der Waals surface area (Å²) in [6.45, 7) is 0. The van der Waals surface area contributed by atoms with Crippen LogP contribution in [0.3, 0.4) is 0 Å². The molecule has 4 aromatic rings. The highest BCUT2D eigenvalue weighted by molar-refractivity contribution is 7.98. The number of benzene rings is 3. The number of carbonyl (C=O) groups is 1. The molecular formula is C25H22N2O4S. The molecule has 0 radical (unpaired) electrons. The number of thioether (sulfide) groups is 1. The van der Waals surface area contributed by atoms with Crippen LogP contribution < -0.4 is 15.0 Å². The van der Waals surface area contributed by atoms with Gasteiger partial charge in [-0.05, 0) is 48.0 Å². The summed E-state index contributed by atoms with van der Waals surface area (Å²) in [5.74, 6) is 1.92. The predicted octanol–water partition coefficient (Wildman–Crippen LogP) is 4.47. The summed E-state index contributed by atoms with van der Waals surface area (Å²) in [7, 11) is 4.88. The normalized spacial score (nSPS) is 10.8. The number of ketones is 1. The lowest BCUT2D eigenvalue weighted by Crippen LogP contribution is -2.20. The Kier molecular flexibility index (Phi) is 6.28. The van der Waals surface area contributed by atoms with Gasteiger partial charge in [-0.25, -0.2) is 4.98 Å². The van der Waals surface area contributed by atoms with Crippen molar-refractivity contribution in [1.82, 2.24) is 9.55 Å². The molecule has 0 bridgehead atoms. The third-order valence-corrected chi connectivity index (χ3v) is 6.28. The smallest absolute Gasteiger partial charge is 0.261 e. The van der Waals surface area contributed by atoms with Gasteiger partial charge in [0.2, 0.25) is 0 Å². The van der Waals surface area contributed by atoms with E-state index in [9.17, 15) is 9.59 Å². The standard InChI is InChI=1S/C25H22N2O4S/c1-27-24(29)21-14-20(31-3)12-13-22(21)26-25(27)32-15-16-4-6-17(7-5-16)23(28)18-8-10-19(30-2)11-9-18/h4-14H,15H2,1-3H3. The van der Waals surface area contributed by atoms with Crippen LogP contribution in [0, 0.1) is 0 Å². The van der Waals surface area contributed by atoms with Crippen LogP contribution in [-0.2, 0) is 12.8 Å². The Labute approximate surface area is 189 Å². The zero-order chi connectivity index (χ0) is 22.7. The fraction of sp³-hybridized carbons (Fsp3) is 0.160. The molecule has 0 fully saturated rings. The van der Waals surface area contributed by atoms with E-state index in [0.29, 0.717) is 44.4 Å². The highest BCUT2D eigenvalue weighted by atomic mass is 32.2. The van der Waals surface area contributed by atoms with Crippen LogP contribution >= 0.6 is 11.8 Å². The number of aromatic nitrogens is 2. The minimum atomic E-state index is -0.114. The van der Waals surface area contributed by atoms with Gasteiger partial charge in [-0.2, -0.15) is 0 Å². The second-order valence-corrected chi connectivity index (χ2v) is 8.13. The maximum atomic E-state index is 12.7. The molecular weight excluding hydrogens is 424 g/mol. The van der Waals surface area contributed by atoms with E-state index in [0.717, 1.165) is 5.56 Å². The lowest BCUT2D eigenvalue weighted by molar-refractivity contribution is 0.103. The molecule has 7 heteroatoms. The third-order valence-electron chi connectivity index (χ3n) is 5.18. The Bertz CT molecular complexity index is 1330. The number of methoxy groups -OCH3 is 2. The van der Waals surface area contributed by atoms with E-state index in [-0.39, 0.29) is 11.3 Å². The van der Waals surface area contributed by atoms with Crippen molar-refractivity contribution in [3.05, 3.63) is 93.8 Å². The fourth-order valence-corrected chi connectivity index (χ4v) is 4.22. The molecule has 0 saturated heterocycles. The first-order valence-corrected chi connectivity index (χ1v) is 10.9. The highest BCUT2D eigenvalue weighted by Crippen LogP contribution is 2.24. The van der Waals surface area contributed by atoms with Crippen molar-refractivity contribution >= 4 is 28.4 Å². The molecule has 3 aromatic carbocycles. The van der Waals surface area contributed by atoms with Crippen molar-refractivity contribution in [2.24, 2.45) is 7.05 Å². The molecule has 4 rings (SSSR count). The molecule has 0 spiro atoms. The maximum absolute atomic E-state index is 12.7. The number of nitrogens with zero attached hydrogens (tertiary/aromatic N) is 2. The van der Waals surface area contributed by atoms with Gasteiger partial charge in [0.15, 0.2) is 10.9 Å². The summed E-state index contributed by atoms with van der Waals surface area (Å²) in [5, 5.41) is 1.16. The monoisotopic (exact) mass is 446 g/mol. The van der Waals surface area contributed by atoms with E-state index in [2.05, 4.69) is 4.98 Å². The topological polar surface area (TPSA) is 70.4 Å². The maximum Gasteiger partial charge on any atom is 0.261 e. The Hall–Kier alpha value is -3.58. The first kappa shape index (κ1) is 21.6. The zero-order valence-corrected chi connectivity index (χ0v) is 18.8. The van der Waals surface area contributed by atoms with E-state index in [1.807, 2.05) is 24.3 Å². The molecule has 0 N–H and O–H groups in total. The number of rotatable bonds is 7.